The van der Waals surface area contributed by atoms with Gasteiger partial charge in [-0.2, -0.15) is 0 Å². The van der Waals surface area contributed by atoms with Crippen LogP contribution in [0.2, 0.25) is 0 Å². The van der Waals surface area contributed by atoms with Crippen molar-refractivity contribution in [2.75, 3.05) is 13.1 Å². The Morgan fingerprint density at radius 2 is 2.29 bits per heavy atom. The van der Waals surface area contributed by atoms with E-state index in [9.17, 15) is 4.79 Å². The van der Waals surface area contributed by atoms with E-state index >= 15 is 0 Å². The van der Waals surface area contributed by atoms with Crippen molar-refractivity contribution >= 4 is 22.3 Å². The molecule has 0 saturated heterocycles. The summed E-state index contributed by atoms with van der Waals surface area (Å²) < 4.78 is 2.00. The van der Waals surface area contributed by atoms with E-state index in [-0.39, 0.29) is 6.03 Å². The van der Waals surface area contributed by atoms with Gasteiger partial charge in [-0.3, -0.25) is 4.40 Å². The number of amides is 2. The molecule has 2 rings (SSSR count). The number of carbonyl (C=O) groups is 1. The van der Waals surface area contributed by atoms with Gasteiger partial charge in [0.1, 0.15) is 0 Å². The van der Waals surface area contributed by atoms with Crippen LogP contribution < -0.4 is 10.6 Å². The quantitative estimate of drug-likeness (QED) is 0.850. The second kappa shape index (κ2) is 5.67. The minimum Gasteiger partial charge on any atom is -0.338 e. The van der Waals surface area contributed by atoms with Gasteiger partial charge < -0.3 is 10.6 Å². The number of urea groups is 1. The second-order valence-electron chi connectivity index (χ2n) is 3.76. The molecule has 2 heterocycles. The summed E-state index contributed by atoms with van der Waals surface area (Å²) >= 11 is 1.61. The summed E-state index contributed by atoms with van der Waals surface area (Å²) in [4.78, 5) is 16.7. The van der Waals surface area contributed by atoms with Crippen molar-refractivity contribution in [3.63, 3.8) is 0 Å². The first kappa shape index (κ1) is 11.9. The monoisotopic (exact) mass is 252 g/mol. The first-order chi connectivity index (χ1) is 8.29. The predicted octanol–water partition coefficient (Wildman–Crippen LogP) is 1.65. The first-order valence-electron chi connectivity index (χ1n) is 5.72. The lowest BCUT2D eigenvalue weighted by atomic mass is 10.3. The zero-order chi connectivity index (χ0) is 12.1. The van der Waals surface area contributed by atoms with Gasteiger partial charge in [-0.05, 0) is 6.42 Å². The molecule has 0 aliphatic heterocycles. The summed E-state index contributed by atoms with van der Waals surface area (Å²) in [6.07, 6.45) is 5.69. The molecular formula is C11H16N4OS. The highest BCUT2D eigenvalue weighted by molar-refractivity contribution is 7.15. The van der Waals surface area contributed by atoms with E-state index in [4.69, 9.17) is 0 Å². The van der Waals surface area contributed by atoms with Crippen molar-refractivity contribution < 1.29 is 4.79 Å². The summed E-state index contributed by atoms with van der Waals surface area (Å²) in [7, 11) is 0. The third-order valence-corrected chi connectivity index (χ3v) is 3.12. The molecule has 2 N–H and O–H groups in total. The lowest BCUT2D eigenvalue weighted by Gasteiger charge is -2.04. The maximum Gasteiger partial charge on any atom is 0.314 e. The fraction of sp³-hybridized carbons (Fsp3) is 0.455. The predicted molar refractivity (Wildman–Crippen MR) is 68.5 cm³/mol. The number of hydrogen-bond acceptors (Lipinski definition) is 3. The Morgan fingerprint density at radius 1 is 1.47 bits per heavy atom. The molecular weight excluding hydrogens is 236 g/mol. The van der Waals surface area contributed by atoms with Gasteiger partial charge in [0.2, 0.25) is 0 Å². The third kappa shape index (κ3) is 3.20. The van der Waals surface area contributed by atoms with Gasteiger partial charge in [-0.15, -0.1) is 11.3 Å². The molecule has 0 aliphatic rings. The number of nitrogens with zero attached hydrogens (tertiary/aromatic N) is 2. The van der Waals surface area contributed by atoms with E-state index in [2.05, 4.69) is 15.6 Å². The average Bonchev–Trinajstić information content (AvgIpc) is 2.86. The summed E-state index contributed by atoms with van der Waals surface area (Å²) in [6, 6.07) is -0.104. The first-order valence-corrected chi connectivity index (χ1v) is 6.60. The molecule has 2 aromatic rings. The van der Waals surface area contributed by atoms with Gasteiger partial charge in [-0.25, -0.2) is 9.78 Å². The van der Waals surface area contributed by atoms with Crippen molar-refractivity contribution in [1.29, 1.82) is 0 Å². The van der Waals surface area contributed by atoms with Gasteiger partial charge in [-0.1, -0.05) is 6.92 Å². The second-order valence-corrected chi connectivity index (χ2v) is 4.63. The number of thiazole rings is 1. The number of hydrogen-bond donors (Lipinski definition) is 2. The van der Waals surface area contributed by atoms with Gasteiger partial charge in [0, 0.05) is 37.3 Å². The zero-order valence-corrected chi connectivity index (χ0v) is 10.6. The number of aromatic nitrogens is 2. The van der Waals surface area contributed by atoms with Gasteiger partial charge >= 0.3 is 6.03 Å². The minimum absolute atomic E-state index is 0.104. The Bertz CT molecular complexity index is 462. The van der Waals surface area contributed by atoms with Crippen LogP contribution in [0.4, 0.5) is 4.79 Å². The fourth-order valence-corrected chi connectivity index (χ4v) is 2.22. The lowest BCUT2D eigenvalue weighted by Crippen LogP contribution is -2.36. The van der Waals surface area contributed by atoms with Crippen LogP contribution in [0.25, 0.3) is 4.96 Å². The molecule has 5 nitrogen and oxygen atoms in total. The largest absolute Gasteiger partial charge is 0.338 e. The molecule has 0 spiro atoms. The molecule has 2 aromatic heterocycles. The van der Waals surface area contributed by atoms with Crippen molar-refractivity contribution in [1.82, 2.24) is 20.0 Å². The van der Waals surface area contributed by atoms with Crippen LogP contribution in [0.3, 0.4) is 0 Å². The number of fused-ring (bicyclic) bond motifs is 1. The van der Waals surface area contributed by atoms with E-state index in [1.807, 2.05) is 29.1 Å². The molecule has 0 radical (unpaired) electrons. The Kier molecular flexibility index (Phi) is 3.98. The normalized spacial score (nSPS) is 10.6. The van der Waals surface area contributed by atoms with Crippen LogP contribution in [0.1, 0.15) is 19.0 Å². The SMILES string of the molecule is CCCNC(=O)NCCc1cn2ccsc2n1. The smallest absolute Gasteiger partial charge is 0.314 e. The maximum absolute atomic E-state index is 11.3. The van der Waals surface area contributed by atoms with Crippen LogP contribution in [0.15, 0.2) is 17.8 Å². The standard InChI is InChI=1S/C11H16N4OS/c1-2-4-12-10(16)13-5-3-9-8-15-6-7-17-11(15)14-9/h6-8H,2-5H2,1H3,(H2,12,13,16). The van der Waals surface area contributed by atoms with E-state index in [0.717, 1.165) is 23.5 Å². The summed E-state index contributed by atoms with van der Waals surface area (Å²) in [5.41, 5.74) is 1.01. The number of carbonyl (C=O) groups excluding carboxylic acids is 1. The number of rotatable bonds is 5. The summed E-state index contributed by atoms with van der Waals surface area (Å²) in [5, 5.41) is 7.58. The topological polar surface area (TPSA) is 58.4 Å². The van der Waals surface area contributed by atoms with E-state index < -0.39 is 0 Å². The van der Waals surface area contributed by atoms with Crippen LogP contribution in [0.5, 0.6) is 0 Å². The molecule has 0 saturated carbocycles. The van der Waals surface area contributed by atoms with E-state index in [0.29, 0.717) is 13.1 Å². The van der Waals surface area contributed by atoms with Crippen molar-refractivity contribution in [3.8, 4) is 0 Å². The molecule has 17 heavy (non-hydrogen) atoms. The highest BCUT2D eigenvalue weighted by Gasteiger charge is 2.03. The lowest BCUT2D eigenvalue weighted by molar-refractivity contribution is 0.241. The van der Waals surface area contributed by atoms with Crippen molar-refractivity contribution in [3.05, 3.63) is 23.5 Å². The highest BCUT2D eigenvalue weighted by atomic mass is 32.1. The fourth-order valence-electron chi connectivity index (χ4n) is 1.50. The Morgan fingerprint density at radius 3 is 3.06 bits per heavy atom. The molecule has 0 fully saturated rings. The summed E-state index contributed by atoms with van der Waals surface area (Å²) in [5.74, 6) is 0. The van der Waals surface area contributed by atoms with E-state index in [1.165, 1.54) is 0 Å². The molecule has 0 atom stereocenters. The molecule has 92 valence electrons. The highest BCUT2D eigenvalue weighted by Crippen LogP contribution is 2.11. The molecule has 0 bridgehead atoms. The minimum atomic E-state index is -0.104. The Labute approximate surface area is 104 Å². The molecule has 6 heteroatoms. The average molecular weight is 252 g/mol. The number of imidazole rings is 1. The van der Waals surface area contributed by atoms with Crippen LogP contribution in [-0.2, 0) is 6.42 Å². The van der Waals surface area contributed by atoms with Crippen molar-refractivity contribution in [2.24, 2.45) is 0 Å². The van der Waals surface area contributed by atoms with Gasteiger partial charge in [0.05, 0.1) is 5.69 Å². The van der Waals surface area contributed by atoms with Crippen LogP contribution in [-0.4, -0.2) is 28.5 Å². The molecule has 2 amide bonds. The number of nitrogens with one attached hydrogen (secondary N) is 2. The van der Waals surface area contributed by atoms with E-state index in [1.54, 1.807) is 11.3 Å². The molecule has 0 aromatic carbocycles. The molecule has 0 unspecified atom stereocenters. The van der Waals surface area contributed by atoms with Crippen LogP contribution >= 0.6 is 11.3 Å². The van der Waals surface area contributed by atoms with Crippen molar-refractivity contribution in [2.45, 2.75) is 19.8 Å². The third-order valence-electron chi connectivity index (χ3n) is 2.35. The van der Waals surface area contributed by atoms with Crippen LogP contribution in [0, 0.1) is 0 Å². The Hall–Kier alpha value is -1.56. The summed E-state index contributed by atoms with van der Waals surface area (Å²) in [6.45, 7) is 3.35. The maximum atomic E-state index is 11.3. The van der Waals surface area contributed by atoms with Gasteiger partial charge in [0.25, 0.3) is 0 Å². The zero-order valence-electron chi connectivity index (χ0n) is 9.77. The van der Waals surface area contributed by atoms with Gasteiger partial charge in [0.15, 0.2) is 4.96 Å². The molecule has 0 aliphatic carbocycles. The Balaban J connectivity index is 1.75.